The second kappa shape index (κ2) is 5.08. The van der Waals surface area contributed by atoms with Crippen molar-refractivity contribution in [1.82, 2.24) is 19.9 Å². The lowest BCUT2D eigenvalue weighted by atomic mass is 10.2. The lowest BCUT2D eigenvalue weighted by Crippen LogP contribution is -2.10. The van der Waals surface area contributed by atoms with Gasteiger partial charge in [-0.05, 0) is 19.9 Å². The van der Waals surface area contributed by atoms with E-state index >= 15 is 0 Å². The molecule has 0 aliphatic heterocycles. The van der Waals surface area contributed by atoms with Crippen molar-refractivity contribution >= 4 is 39.3 Å². The first-order valence-corrected chi connectivity index (χ1v) is 7.68. The number of hydrogen-bond donors (Lipinski definition) is 1. The summed E-state index contributed by atoms with van der Waals surface area (Å²) in [4.78, 5) is 26.9. The fourth-order valence-electron chi connectivity index (χ4n) is 1.86. The van der Waals surface area contributed by atoms with Gasteiger partial charge in [-0.2, -0.15) is 0 Å². The topological polar surface area (TPSA) is 97.6 Å². The normalized spacial score (nSPS) is 11.9. The SMILES string of the molecule is CC(C)(Sc1ncnc2nc[nH]c12)c1ccc([N+](=O)[O-])s1. The number of thioether (sulfide) groups is 1. The number of imidazole rings is 1. The number of aromatic nitrogens is 4. The number of thiophene rings is 1. The van der Waals surface area contributed by atoms with Crippen molar-refractivity contribution in [1.29, 1.82) is 0 Å². The summed E-state index contributed by atoms with van der Waals surface area (Å²) < 4.78 is -0.342. The molecule has 1 N–H and O–H groups in total. The van der Waals surface area contributed by atoms with Gasteiger partial charge in [-0.15, -0.1) is 0 Å². The third kappa shape index (κ3) is 2.61. The van der Waals surface area contributed by atoms with Gasteiger partial charge >= 0.3 is 5.00 Å². The van der Waals surface area contributed by atoms with Crippen molar-refractivity contribution in [3.63, 3.8) is 0 Å². The zero-order chi connectivity index (χ0) is 15.0. The summed E-state index contributed by atoms with van der Waals surface area (Å²) in [5.41, 5.74) is 1.39. The molecule has 0 fully saturated rings. The van der Waals surface area contributed by atoms with Crippen molar-refractivity contribution < 1.29 is 4.92 Å². The van der Waals surface area contributed by atoms with Crippen molar-refractivity contribution in [3.8, 4) is 0 Å². The standard InChI is InChI=1S/C12H11N5O2S2/c1-12(2,7-3-4-8(20-7)17(18)19)21-11-9-10(14-5-13-9)15-6-16-11/h3-6H,1-2H3,(H,13,14,15,16). The van der Waals surface area contributed by atoms with E-state index < -0.39 is 0 Å². The van der Waals surface area contributed by atoms with Gasteiger partial charge in [0.2, 0.25) is 0 Å². The zero-order valence-corrected chi connectivity index (χ0v) is 12.9. The molecule has 3 aromatic rings. The van der Waals surface area contributed by atoms with Crippen LogP contribution in [0.3, 0.4) is 0 Å². The van der Waals surface area contributed by atoms with Crippen LogP contribution in [0.5, 0.6) is 0 Å². The predicted molar refractivity (Wildman–Crippen MR) is 81.5 cm³/mol. The van der Waals surface area contributed by atoms with E-state index in [-0.39, 0.29) is 14.7 Å². The minimum Gasteiger partial charge on any atom is -0.341 e. The van der Waals surface area contributed by atoms with Gasteiger partial charge in [0.15, 0.2) is 5.65 Å². The second-order valence-electron chi connectivity index (χ2n) is 4.79. The minimum atomic E-state index is -0.368. The van der Waals surface area contributed by atoms with E-state index in [1.165, 1.54) is 35.5 Å². The molecule has 0 radical (unpaired) electrons. The van der Waals surface area contributed by atoms with Gasteiger partial charge in [0.25, 0.3) is 0 Å². The van der Waals surface area contributed by atoms with Gasteiger partial charge in [-0.1, -0.05) is 23.1 Å². The summed E-state index contributed by atoms with van der Waals surface area (Å²) in [5.74, 6) is 0. The van der Waals surface area contributed by atoms with Crippen LogP contribution in [-0.4, -0.2) is 24.9 Å². The van der Waals surface area contributed by atoms with Crippen LogP contribution in [0.25, 0.3) is 11.2 Å². The summed E-state index contributed by atoms with van der Waals surface area (Å²) >= 11 is 2.71. The largest absolute Gasteiger partial charge is 0.341 e. The zero-order valence-electron chi connectivity index (χ0n) is 11.2. The Morgan fingerprint density at radius 2 is 2.14 bits per heavy atom. The maximum Gasteiger partial charge on any atom is 0.324 e. The van der Waals surface area contributed by atoms with Crippen LogP contribution >= 0.6 is 23.1 Å². The van der Waals surface area contributed by atoms with Crippen LogP contribution in [0.2, 0.25) is 0 Å². The van der Waals surface area contributed by atoms with E-state index in [2.05, 4.69) is 19.9 Å². The number of nitrogens with zero attached hydrogens (tertiary/aromatic N) is 4. The highest BCUT2D eigenvalue weighted by atomic mass is 32.2. The van der Waals surface area contributed by atoms with E-state index in [1.807, 2.05) is 13.8 Å². The molecular formula is C12H11N5O2S2. The highest BCUT2D eigenvalue weighted by molar-refractivity contribution is 8.00. The molecule has 0 aromatic carbocycles. The molecule has 0 saturated heterocycles. The number of H-pyrrole nitrogens is 1. The fourth-order valence-corrected chi connectivity index (χ4v) is 3.93. The summed E-state index contributed by atoms with van der Waals surface area (Å²) in [6.07, 6.45) is 3.05. The fraction of sp³-hybridized carbons (Fsp3) is 0.250. The van der Waals surface area contributed by atoms with E-state index in [9.17, 15) is 10.1 Å². The molecule has 3 aromatic heterocycles. The maximum atomic E-state index is 10.8. The van der Waals surface area contributed by atoms with Crippen LogP contribution in [0, 0.1) is 10.1 Å². The summed E-state index contributed by atoms with van der Waals surface area (Å²) in [7, 11) is 0. The van der Waals surface area contributed by atoms with Crippen molar-refractivity contribution in [2.45, 2.75) is 23.6 Å². The molecule has 0 aliphatic carbocycles. The molecule has 3 rings (SSSR count). The predicted octanol–water partition coefficient (Wildman–Crippen LogP) is 3.35. The molecule has 0 amide bonds. The van der Waals surface area contributed by atoms with Gasteiger partial charge in [0.05, 0.1) is 16.0 Å². The molecule has 0 spiro atoms. The first kappa shape index (κ1) is 14.0. The number of aromatic amines is 1. The average Bonchev–Trinajstić information content (AvgIpc) is 3.08. The van der Waals surface area contributed by atoms with Gasteiger partial charge in [-0.25, -0.2) is 15.0 Å². The minimum absolute atomic E-state index is 0.146. The Labute approximate surface area is 128 Å². The van der Waals surface area contributed by atoms with Crippen LogP contribution in [0.1, 0.15) is 18.7 Å². The van der Waals surface area contributed by atoms with Crippen molar-refractivity contribution in [2.24, 2.45) is 0 Å². The van der Waals surface area contributed by atoms with Gasteiger partial charge < -0.3 is 4.98 Å². The van der Waals surface area contributed by atoms with E-state index in [1.54, 1.807) is 12.4 Å². The third-order valence-corrected chi connectivity index (χ3v) is 5.63. The Morgan fingerprint density at radius 3 is 2.86 bits per heavy atom. The quantitative estimate of drug-likeness (QED) is 0.342. The van der Waals surface area contributed by atoms with Crippen LogP contribution in [0.4, 0.5) is 5.00 Å². The Morgan fingerprint density at radius 1 is 1.33 bits per heavy atom. The molecule has 21 heavy (non-hydrogen) atoms. The number of fused-ring (bicyclic) bond motifs is 1. The van der Waals surface area contributed by atoms with Crippen molar-refractivity contribution in [3.05, 3.63) is 39.8 Å². The molecule has 0 saturated carbocycles. The smallest absolute Gasteiger partial charge is 0.324 e. The van der Waals surface area contributed by atoms with E-state index in [4.69, 9.17) is 0 Å². The molecule has 9 heteroatoms. The number of nitrogens with one attached hydrogen (secondary N) is 1. The summed E-state index contributed by atoms with van der Waals surface area (Å²) in [6.45, 7) is 4.02. The average molecular weight is 321 g/mol. The molecule has 108 valence electrons. The van der Waals surface area contributed by atoms with Crippen LogP contribution in [0.15, 0.2) is 29.8 Å². The van der Waals surface area contributed by atoms with Crippen molar-refractivity contribution in [2.75, 3.05) is 0 Å². The van der Waals surface area contributed by atoms with Crippen LogP contribution in [-0.2, 0) is 4.75 Å². The van der Waals surface area contributed by atoms with Gasteiger partial charge in [0.1, 0.15) is 16.9 Å². The first-order valence-electron chi connectivity index (χ1n) is 6.05. The number of rotatable bonds is 4. The second-order valence-corrected chi connectivity index (χ2v) is 7.46. The summed E-state index contributed by atoms with van der Waals surface area (Å²) in [6, 6.07) is 3.33. The third-order valence-electron chi connectivity index (χ3n) is 2.91. The monoisotopic (exact) mass is 321 g/mol. The lowest BCUT2D eigenvalue weighted by molar-refractivity contribution is -0.380. The number of nitro groups is 1. The number of hydrogen-bond acceptors (Lipinski definition) is 7. The molecule has 7 nitrogen and oxygen atoms in total. The molecule has 0 aliphatic rings. The Hall–Kier alpha value is -2.00. The van der Waals surface area contributed by atoms with Crippen LogP contribution < -0.4 is 0 Å². The Balaban J connectivity index is 1.94. The summed E-state index contributed by atoms with van der Waals surface area (Å²) in [5, 5.41) is 11.7. The molecule has 0 unspecified atom stereocenters. The Bertz CT molecular complexity index is 811. The van der Waals surface area contributed by atoms with E-state index in [0.717, 1.165) is 15.4 Å². The van der Waals surface area contributed by atoms with Gasteiger partial charge in [0, 0.05) is 10.9 Å². The highest BCUT2D eigenvalue weighted by Gasteiger charge is 2.28. The molecular weight excluding hydrogens is 310 g/mol. The highest BCUT2D eigenvalue weighted by Crippen LogP contribution is 2.45. The Kier molecular flexibility index (Phi) is 3.38. The first-order chi connectivity index (χ1) is 9.97. The molecule has 0 atom stereocenters. The van der Waals surface area contributed by atoms with Gasteiger partial charge in [-0.3, -0.25) is 10.1 Å². The maximum absolute atomic E-state index is 10.8. The van der Waals surface area contributed by atoms with E-state index in [0.29, 0.717) is 5.65 Å². The lowest BCUT2D eigenvalue weighted by Gasteiger charge is -2.21. The molecule has 3 heterocycles. The molecule has 0 bridgehead atoms.